The maximum atomic E-state index is 5.75. The summed E-state index contributed by atoms with van der Waals surface area (Å²) in [7, 11) is 0. The SMILES string of the molecule is CCOC(C)CN1CC(CC)(CC)NCC1C(C)C. The molecule has 0 spiro atoms. The zero-order chi connectivity index (χ0) is 14.5. The summed E-state index contributed by atoms with van der Waals surface area (Å²) in [6.07, 6.45) is 2.73. The summed E-state index contributed by atoms with van der Waals surface area (Å²) in [5, 5.41) is 3.82. The first-order valence-corrected chi connectivity index (χ1v) is 8.08. The number of hydrogen-bond acceptors (Lipinski definition) is 3. The summed E-state index contributed by atoms with van der Waals surface area (Å²) >= 11 is 0. The molecule has 0 bridgehead atoms. The molecule has 0 aromatic carbocycles. The monoisotopic (exact) mass is 270 g/mol. The van der Waals surface area contributed by atoms with E-state index in [1.165, 1.54) is 12.8 Å². The normalized spacial score (nSPS) is 25.7. The lowest BCUT2D eigenvalue weighted by molar-refractivity contribution is -0.00769. The Labute approximate surface area is 120 Å². The van der Waals surface area contributed by atoms with Crippen molar-refractivity contribution in [1.29, 1.82) is 0 Å². The Bertz CT molecular complexity index is 251. The standard InChI is InChI=1S/C16H34N2O/c1-7-16(8-2)12-18(11-14(6)19-9-3)15(10-17-16)13(4)5/h13-15,17H,7-12H2,1-6H3. The predicted molar refractivity (Wildman–Crippen MR) is 82.6 cm³/mol. The Kier molecular flexibility index (Phi) is 6.78. The van der Waals surface area contributed by atoms with Crippen molar-refractivity contribution >= 4 is 0 Å². The highest BCUT2D eigenvalue weighted by Crippen LogP contribution is 2.25. The molecule has 2 unspecified atom stereocenters. The van der Waals surface area contributed by atoms with E-state index >= 15 is 0 Å². The van der Waals surface area contributed by atoms with Gasteiger partial charge >= 0.3 is 0 Å². The van der Waals surface area contributed by atoms with Crippen LogP contribution in [0.5, 0.6) is 0 Å². The third kappa shape index (κ3) is 4.44. The van der Waals surface area contributed by atoms with Gasteiger partial charge in [-0.2, -0.15) is 0 Å². The molecule has 1 fully saturated rings. The zero-order valence-corrected chi connectivity index (χ0v) is 13.8. The first kappa shape index (κ1) is 16.9. The molecule has 2 atom stereocenters. The molecule has 0 radical (unpaired) electrons. The van der Waals surface area contributed by atoms with Gasteiger partial charge in [0.1, 0.15) is 0 Å². The number of nitrogens with zero attached hydrogens (tertiary/aromatic N) is 1. The van der Waals surface area contributed by atoms with E-state index in [1.807, 2.05) is 0 Å². The number of nitrogens with one attached hydrogen (secondary N) is 1. The maximum Gasteiger partial charge on any atom is 0.0673 e. The van der Waals surface area contributed by atoms with Crippen LogP contribution in [0.15, 0.2) is 0 Å². The van der Waals surface area contributed by atoms with Gasteiger partial charge in [0.15, 0.2) is 0 Å². The Morgan fingerprint density at radius 2 is 1.84 bits per heavy atom. The van der Waals surface area contributed by atoms with Crippen molar-refractivity contribution in [2.45, 2.75) is 72.1 Å². The smallest absolute Gasteiger partial charge is 0.0673 e. The highest BCUT2D eigenvalue weighted by Gasteiger charge is 2.38. The van der Waals surface area contributed by atoms with Gasteiger partial charge in [-0.15, -0.1) is 0 Å². The van der Waals surface area contributed by atoms with Crippen LogP contribution in [0.4, 0.5) is 0 Å². The molecule has 0 saturated carbocycles. The number of ether oxygens (including phenoxy) is 1. The molecule has 19 heavy (non-hydrogen) atoms. The van der Waals surface area contributed by atoms with Gasteiger partial charge in [0, 0.05) is 37.8 Å². The minimum Gasteiger partial charge on any atom is -0.377 e. The summed E-state index contributed by atoms with van der Waals surface area (Å²) in [5.74, 6) is 0.688. The molecule has 3 nitrogen and oxygen atoms in total. The van der Waals surface area contributed by atoms with Crippen LogP contribution in [0, 0.1) is 5.92 Å². The molecule has 1 aliphatic rings. The van der Waals surface area contributed by atoms with Crippen LogP contribution in [-0.2, 0) is 4.74 Å². The Morgan fingerprint density at radius 3 is 2.32 bits per heavy atom. The third-order valence-electron chi connectivity index (χ3n) is 4.73. The minimum absolute atomic E-state index is 0.303. The van der Waals surface area contributed by atoms with E-state index in [2.05, 4.69) is 51.8 Å². The topological polar surface area (TPSA) is 24.5 Å². The Morgan fingerprint density at radius 1 is 1.21 bits per heavy atom. The largest absolute Gasteiger partial charge is 0.377 e. The fraction of sp³-hybridized carbons (Fsp3) is 1.00. The average molecular weight is 270 g/mol. The third-order valence-corrected chi connectivity index (χ3v) is 4.73. The molecule has 1 N–H and O–H groups in total. The maximum absolute atomic E-state index is 5.75. The second kappa shape index (κ2) is 7.61. The first-order valence-electron chi connectivity index (χ1n) is 8.08. The number of rotatable bonds is 7. The van der Waals surface area contributed by atoms with Gasteiger partial charge in [-0.25, -0.2) is 0 Å². The minimum atomic E-state index is 0.303. The highest BCUT2D eigenvalue weighted by atomic mass is 16.5. The van der Waals surface area contributed by atoms with Crippen LogP contribution >= 0.6 is 0 Å². The zero-order valence-electron chi connectivity index (χ0n) is 13.8. The van der Waals surface area contributed by atoms with Gasteiger partial charge in [0.2, 0.25) is 0 Å². The van der Waals surface area contributed by atoms with Crippen molar-refractivity contribution < 1.29 is 4.74 Å². The van der Waals surface area contributed by atoms with E-state index in [0.717, 1.165) is 26.2 Å². The van der Waals surface area contributed by atoms with Crippen LogP contribution in [-0.4, -0.2) is 48.8 Å². The second-order valence-electron chi connectivity index (χ2n) is 6.38. The van der Waals surface area contributed by atoms with Crippen molar-refractivity contribution in [1.82, 2.24) is 10.2 Å². The quantitative estimate of drug-likeness (QED) is 0.770. The van der Waals surface area contributed by atoms with Gasteiger partial charge in [0.05, 0.1) is 6.10 Å². The summed E-state index contributed by atoms with van der Waals surface area (Å²) < 4.78 is 5.75. The van der Waals surface area contributed by atoms with Crippen LogP contribution in [0.25, 0.3) is 0 Å². The van der Waals surface area contributed by atoms with Crippen molar-refractivity contribution in [3.8, 4) is 0 Å². The van der Waals surface area contributed by atoms with Gasteiger partial charge in [-0.1, -0.05) is 27.7 Å². The van der Waals surface area contributed by atoms with Crippen LogP contribution < -0.4 is 5.32 Å². The average Bonchev–Trinajstić information content (AvgIpc) is 2.38. The molecular weight excluding hydrogens is 236 g/mol. The molecule has 114 valence electrons. The number of hydrogen-bond donors (Lipinski definition) is 1. The number of piperazine rings is 1. The summed E-state index contributed by atoms with van der Waals surface area (Å²) in [6.45, 7) is 17.7. The summed E-state index contributed by atoms with van der Waals surface area (Å²) in [5.41, 5.74) is 0.303. The lowest BCUT2D eigenvalue weighted by Crippen LogP contribution is -2.65. The molecule has 0 aromatic heterocycles. The first-order chi connectivity index (χ1) is 8.98. The van der Waals surface area contributed by atoms with Gasteiger partial charge < -0.3 is 10.1 Å². The van der Waals surface area contributed by atoms with Gasteiger partial charge in [-0.05, 0) is 32.6 Å². The van der Waals surface area contributed by atoms with E-state index in [-0.39, 0.29) is 0 Å². The van der Waals surface area contributed by atoms with Crippen LogP contribution in [0.2, 0.25) is 0 Å². The molecule has 1 aliphatic heterocycles. The fourth-order valence-corrected chi connectivity index (χ4v) is 3.26. The molecule has 0 amide bonds. The molecule has 3 heteroatoms. The lowest BCUT2D eigenvalue weighted by Gasteiger charge is -2.49. The summed E-state index contributed by atoms with van der Waals surface area (Å²) in [4.78, 5) is 2.66. The molecule has 1 saturated heterocycles. The van der Waals surface area contributed by atoms with E-state index in [1.54, 1.807) is 0 Å². The fourth-order valence-electron chi connectivity index (χ4n) is 3.26. The molecular formula is C16H34N2O. The van der Waals surface area contributed by atoms with Gasteiger partial charge in [-0.3, -0.25) is 4.90 Å². The summed E-state index contributed by atoms with van der Waals surface area (Å²) in [6, 6.07) is 0.633. The van der Waals surface area contributed by atoms with E-state index in [0.29, 0.717) is 23.6 Å². The van der Waals surface area contributed by atoms with E-state index < -0.39 is 0 Å². The van der Waals surface area contributed by atoms with Gasteiger partial charge in [0.25, 0.3) is 0 Å². The van der Waals surface area contributed by atoms with Crippen LogP contribution in [0.3, 0.4) is 0 Å². The lowest BCUT2D eigenvalue weighted by atomic mass is 9.86. The molecule has 1 heterocycles. The van der Waals surface area contributed by atoms with Crippen molar-refractivity contribution in [2.24, 2.45) is 5.92 Å². The van der Waals surface area contributed by atoms with E-state index in [4.69, 9.17) is 4.74 Å². The molecule has 0 aromatic rings. The second-order valence-corrected chi connectivity index (χ2v) is 6.38. The molecule has 1 rings (SSSR count). The van der Waals surface area contributed by atoms with Crippen molar-refractivity contribution in [3.63, 3.8) is 0 Å². The predicted octanol–water partition coefficient (Wildman–Crippen LogP) is 2.90. The molecule has 0 aliphatic carbocycles. The van der Waals surface area contributed by atoms with Crippen molar-refractivity contribution in [3.05, 3.63) is 0 Å². The van der Waals surface area contributed by atoms with Crippen molar-refractivity contribution in [2.75, 3.05) is 26.2 Å². The van der Waals surface area contributed by atoms with Crippen LogP contribution in [0.1, 0.15) is 54.4 Å². The highest BCUT2D eigenvalue weighted by molar-refractivity contribution is 4.97. The van der Waals surface area contributed by atoms with E-state index in [9.17, 15) is 0 Å². The Hall–Kier alpha value is -0.120. The Balaban J connectivity index is 2.73.